The van der Waals surface area contributed by atoms with E-state index in [1.807, 2.05) is 6.07 Å². The summed E-state index contributed by atoms with van der Waals surface area (Å²) in [5.41, 5.74) is 1.66. The molecular weight excluding hydrogens is 448 g/mol. The van der Waals surface area contributed by atoms with E-state index in [4.69, 9.17) is 11.6 Å². The first-order valence-electron chi connectivity index (χ1n) is 9.90. The molecule has 0 spiro atoms. The van der Waals surface area contributed by atoms with Gasteiger partial charge < -0.3 is 9.80 Å². The predicted octanol–water partition coefficient (Wildman–Crippen LogP) is 3.81. The number of halogens is 1. The smallest absolute Gasteiger partial charge is 0.292 e. The lowest BCUT2D eigenvalue weighted by atomic mass is 10.1. The highest BCUT2D eigenvalue weighted by molar-refractivity contribution is 7.91. The number of hydrogen-bond donors (Lipinski definition) is 0. The van der Waals surface area contributed by atoms with Crippen molar-refractivity contribution in [1.82, 2.24) is 4.31 Å². The van der Waals surface area contributed by atoms with Gasteiger partial charge in [-0.2, -0.15) is 4.31 Å². The van der Waals surface area contributed by atoms with Crippen molar-refractivity contribution >= 4 is 50.0 Å². The van der Waals surface area contributed by atoms with Crippen molar-refractivity contribution in [3.8, 4) is 0 Å². The molecule has 1 aromatic carbocycles. The van der Waals surface area contributed by atoms with Crippen LogP contribution >= 0.6 is 22.9 Å². The Morgan fingerprint density at radius 3 is 2.23 bits per heavy atom. The van der Waals surface area contributed by atoms with Crippen molar-refractivity contribution in [2.45, 2.75) is 23.5 Å². The van der Waals surface area contributed by atoms with E-state index in [2.05, 4.69) is 9.80 Å². The number of rotatable bonds is 5. The molecule has 0 atom stereocenters. The fourth-order valence-electron chi connectivity index (χ4n) is 4.00. The fraction of sp³-hybridized carbons (Fsp3) is 0.474. The molecule has 0 N–H and O–H groups in total. The maximum atomic E-state index is 12.8. The molecule has 2 aliphatic rings. The van der Waals surface area contributed by atoms with Crippen LogP contribution in [0, 0.1) is 10.1 Å². The van der Waals surface area contributed by atoms with Crippen LogP contribution in [-0.2, 0) is 10.0 Å². The minimum absolute atomic E-state index is 0.122. The van der Waals surface area contributed by atoms with E-state index in [-0.39, 0.29) is 14.8 Å². The minimum Gasteiger partial charge on any atom is -0.369 e. The molecule has 0 saturated carbocycles. The lowest BCUT2D eigenvalue weighted by molar-refractivity contribution is -0.384. The topological polar surface area (TPSA) is 87.0 Å². The van der Waals surface area contributed by atoms with Crippen molar-refractivity contribution in [2.75, 3.05) is 49.1 Å². The van der Waals surface area contributed by atoms with Crippen LogP contribution in [0.1, 0.15) is 19.3 Å². The van der Waals surface area contributed by atoms with Crippen molar-refractivity contribution in [1.29, 1.82) is 0 Å². The monoisotopic (exact) mass is 470 g/mol. The van der Waals surface area contributed by atoms with Crippen molar-refractivity contribution in [3.63, 3.8) is 0 Å². The highest BCUT2D eigenvalue weighted by atomic mass is 35.5. The highest BCUT2D eigenvalue weighted by Crippen LogP contribution is 2.35. The molecule has 30 heavy (non-hydrogen) atoms. The molecule has 4 rings (SSSR count). The lowest BCUT2D eigenvalue weighted by Gasteiger charge is -2.36. The summed E-state index contributed by atoms with van der Waals surface area (Å²) in [5, 5.41) is 11.5. The molecule has 2 aromatic rings. The molecule has 162 valence electrons. The van der Waals surface area contributed by atoms with E-state index in [9.17, 15) is 18.5 Å². The fourth-order valence-corrected chi connectivity index (χ4v) is 7.06. The zero-order valence-electron chi connectivity index (χ0n) is 16.4. The van der Waals surface area contributed by atoms with Crippen LogP contribution in [0.25, 0.3) is 0 Å². The maximum Gasteiger partial charge on any atom is 0.292 e. The molecule has 0 bridgehead atoms. The quantitative estimate of drug-likeness (QED) is 0.487. The minimum atomic E-state index is -3.55. The third-order valence-electron chi connectivity index (χ3n) is 5.60. The van der Waals surface area contributed by atoms with Crippen molar-refractivity contribution in [2.24, 2.45) is 0 Å². The number of thiophene rings is 1. The van der Waals surface area contributed by atoms with Gasteiger partial charge in [0.2, 0.25) is 0 Å². The van der Waals surface area contributed by atoms with Gasteiger partial charge in [0.05, 0.1) is 9.26 Å². The maximum absolute atomic E-state index is 12.8. The van der Waals surface area contributed by atoms with E-state index >= 15 is 0 Å². The molecule has 2 aliphatic heterocycles. The van der Waals surface area contributed by atoms with Crippen LogP contribution in [0.2, 0.25) is 4.34 Å². The van der Waals surface area contributed by atoms with E-state index in [0.717, 1.165) is 49.4 Å². The number of nitro groups is 1. The Hall–Kier alpha value is -1.88. The number of nitro benzene ring substituents is 1. The number of benzene rings is 1. The average molecular weight is 471 g/mol. The Morgan fingerprint density at radius 1 is 0.933 bits per heavy atom. The van der Waals surface area contributed by atoms with E-state index < -0.39 is 10.0 Å². The zero-order valence-corrected chi connectivity index (χ0v) is 18.8. The Bertz CT molecular complexity index is 1030. The van der Waals surface area contributed by atoms with Crippen LogP contribution in [0.15, 0.2) is 34.5 Å². The summed E-state index contributed by atoms with van der Waals surface area (Å²) in [5.74, 6) is 0. The first-order chi connectivity index (χ1) is 14.4. The van der Waals surface area contributed by atoms with Crippen LogP contribution < -0.4 is 9.80 Å². The van der Waals surface area contributed by atoms with Gasteiger partial charge >= 0.3 is 0 Å². The first-order valence-corrected chi connectivity index (χ1v) is 12.5. The Kier molecular flexibility index (Phi) is 6.19. The summed E-state index contributed by atoms with van der Waals surface area (Å²) in [6.45, 7) is 3.40. The molecule has 3 heterocycles. The van der Waals surface area contributed by atoms with E-state index in [0.29, 0.717) is 36.2 Å². The zero-order chi connectivity index (χ0) is 21.3. The summed E-state index contributed by atoms with van der Waals surface area (Å²) in [7, 11) is -3.55. The second kappa shape index (κ2) is 8.70. The van der Waals surface area contributed by atoms with E-state index in [1.54, 1.807) is 18.2 Å². The summed E-state index contributed by atoms with van der Waals surface area (Å²) in [4.78, 5) is 15.4. The third kappa shape index (κ3) is 4.27. The first kappa shape index (κ1) is 21.4. The van der Waals surface area contributed by atoms with Crippen LogP contribution in [0.4, 0.5) is 17.1 Å². The van der Waals surface area contributed by atoms with Crippen LogP contribution in [-0.4, -0.2) is 56.9 Å². The van der Waals surface area contributed by atoms with Gasteiger partial charge in [-0.05, 0) is 43.5 Å². The Balaban J connectivity index is 1.51. The van der Waals surface area contributed by atoms with Gasteiger partial charge in [0.25, 0.3) is 15.7 Å². The molecule has 1 aromatic heterocycles. The molecule has 8 nitrogen and oxygen atoms in total. The molecule has 2 fully saturated rings. The number of piperazine rings is 1. The van der Waals surface area contributed by atoms with Crippen molar-refractivity contribution < 1.29 is 13.3 Å². The summed E-state index contributed by atoms with van der Waals surface area (Å²) < 4.78 is 27.8. The molecular formula is C19H23ClN4O4S2. The Labute approximate surface area is 184 Å². The van der Waals surface area contributed by atoms with Crippen LogP contribution in [0.3, 0.4) is 0 Å². The molecule has 0 aliphatic carbocycles. The van der Waals surface area contributed by atoms with E-state index in [1.165, 1.54) is 10.4 Å². The lowest BCUT2D eigenvalue weighted by Crippen LogP contribution is -2.48. The number of sulfonamides is 1. The van der Waals surface area contributed by atoms with Crippen molar-refractivity contribution in [3.05, 3.63) is 44.8 Å². The van der Waals surface area contributed by atoms with Gasteiger partial charge in [-0.25, -0.2) is 8.42 Å². The number of nitrogens with zero attached hydrogens (tertiary/aromatic N) is 4. The Morgan fingerprint density at radius 2 is 1.63 bits per heavy atom. The largest absolute Gasteiger partial charge is 0.369 e. The summed E-state index contributed by atoms with van der Waals surface area (Å²) >= 11 is 6.96. The second-order valence-electron chi connectivity index (χ2n) is 7.43. The third-order valence-corrected chi connectivity index (χ3v) is 9.20. The average Bonchev–Trinajstić information content (AvgIpc) is 3.21. The predicted molar refractivity (Wildman–Crippen MR) is 119 cm³/mol. The normalized spacial score (nSPS) is 18.6. The summed E-state index contributed by atoms with van der Waals surface area (Å²) in [6.07, 6.45) is 3.21. The van der Waals surface area contributed by atoms with Crippen LogP contribution in [0.5, 0.6) is 0 Å². The molecule has 0 radical (unpaired) electrons. The summed E-state index contributed by atoms with van der Waals surface area (Å²) in [6, 6.07) is 8.34. The highest BCUT2D eigenvalue weighted by Gasteiger charge is 2.30. The van der Waals surface area contributed by atoms with Gasteiger partial charge in [0.1, 0.15) is 9.90 Å². The number of hydrogen-bond acceptors (Lipinski definition) is 7. The molecule has 0 amide bonds. The molecule has 0 unspecified atom stereocenters. The van der Waals surface area contributed by atoms with Gasteiger partial charge in [-0.1, -0.05) is 11.6 Å². The molecule has 2 saturated heterocycles. The number of anilines is 2. The van der Waals surface area contributed by atoms with Gasteiger partial charge in [-0.3, -0.25) is 10.1 Å². The van der Waals surface area contributed by atoms with Gasteiger partial charge in [-0.15, -0.1) is 11.3 Å². The van der Waals surface area contributed by atoms with Gasteiger partial charge in [0, 0.05) is 51.0 Å². The SMILES string of the molecule is O=[N+]([O-])c1ccc(N2CCN(S(=O)(=O)c3ccc(Cl)s3)CC2)cc1N1CCCCC1. The standard InChI is InChI=1S/C19H23ClN4O4S2/c20-18-6-7-19(29-18)30(27,28)23-12-10-21(11-13-23)15-4-5-16(24(25)26)17(14-15)22-8-2-1-3-9-22/h4-7,14H,1-3,8-13H2. The van der Waals surface area contributed by atoms with Gasteiger partial charge in [0.15, 0.2) is 0 Å². The molecule has 11 heteroatoms. The second-order valence-corrected chi connectivity index (χ2v) is 11.3. The number of piperidine rings is 1.